The first-order valence-corrected chi connectivity index (χ1v) is 5.82. The van der Waals surface area contributed by atoms with E-state index in [1.165, 1.54) is 24.5 Å². The van der Waals surface area contributed by atoms with Gasteiger partial charge in [-0.05, 0) is 12.1 Å². The summed E-state index contributed by atoms with van der Waals surface area (Å²) in [6.45, 7) is 0. The van der Waals surface area contributed by atoms with E-state index < -0.39 is 11.9 Å². The van der Waals surface area contributed by atoms with Crippen molar-refractivity contribution in [3.63, 3.8) is 0 Å². The summed E-state index contributed by atoms with van der Waals surface area (Å²) in [6.07, 6.45) is -2.02. The highest BCUT2D eigenvalue weighted by Crippen LogP contribution is 2.34. The maximum absolute atomic E-state index is 12.7. The second-order valence-electron chi connectivity index (χ2n) is 4.16. The summed E-state index contributed by atoms with van der Waals surface area (Å²) in [5, 5.41) is 13.0. The van der Waals surface area contributed by atoms with Crippen LogP contribution in [0.4, 0.5) is 13.2 Å². The molecule has 3 rings (SSSR count). The van der Waals surface area contributed by atoms with Gasteiger partial charge in [0, 0.05) is 18.5 Å². The van der Waals surface area contributed by atoms with E-state index in [9.17, 15) is 18.3 Å². The topological polar surface area (TPSA) is 59.7 Å². The van der Waals surface area contributed by atoms with E-state index in [2.05, 4.69) is 10.1 Å². The van der Waals surface area contributed by atoms with E-state index in [1.54, 1.807) is 12.1 Å². The first kappa shape index (κ1) is 13.2. The van der Waals surface area contributed by atoms with Gasteiger partial charge in [-0.25, -0.2) is 9.50 Å². The van der Waals surface area contributed by atoms with Crippen LogP contribution in [0.25, 0.3) is 5.52 Å². The van der Waals surface area contributed by atoms with Crippen molar-refractivity contribution in [2.75, 3.05) is 0 Å². The van der Waals surface area contributed by atoms with Crippen LogP contribution in [0.3, 0.4) is 0 Å². The molecular formula is C13H8F3N3O2. The molecule has 0 saturated heterocycles. The number of hydrogen-bond acceptors (Lipinski definition) is 4. The van der Waals surface area contributed by atoms with Gasteiger partial charge in [0.05, 0.1) is 0 Å². The number of alkyl halides is 3. The highest BCUT2D eigenvalue weighted by atomic mass is 19.4. The standard InChI is InChI=1S/C13H8F3N3O2/c14-13(15,16)11-7-8-12(17-5-6-19(8)18-11)21-10-4-2-1-3-9(10)20/h1-7,20H. The number of fused-ring (bicyclic) bond motifs is 1. The van der Waals surface area contributed by atoms with Gasteiger partial charge in [0.2, 0.25) is 5.88 Å². The van der Waals surface area contributed by atoms with Crippen LogP contribution >= 0.6 is 0 Å². The molecule has 21 heavy (non-hydrogen) atoms. The van der Waals surface area contributed by atoms with Gasteiger partial charge >= 0.3 is 6.18 Å². The van der Waals surface area contributed by atoms with Crippen LogP contribution in [-0.4, -0.2) is 19.7 Å². The number of aromatic nitrogens is 3. The molecule has 0 amide bonds. The second kappa shape index (κ2) is 4.65. The van der Waals surface area contributed by atoms with Gasteiger partial charge < -0.3 is 9.84 Å². The first-order valence-electron chi connectivity index (χ1n) is 5.82. The average molecular weight is 295 g/mol. The molecule has 0 atom stereocenters. The van der Waals surface area contributed by atoms with Crippen molar-refractivity contribution in [1.29, 1.82) is 0 Å². The molecule has 0 unspecified atom stereocenters. The lowest BCUT2D eigenvalue weighted by Gasteiger charge is -2.06. The summed E-state index contributed by atoms with van der Waals surface area (Å²) >= 11 is 0. The highest BCUT2D eigenvalue weighted by molar-refractivity contribution is 5.58. The Morgan fingerprint density at radius 3 is 2.67 bits per heavy atom. The monoisotopic (exact) mass is 295 g/mol. The Balaban J connectivity index is 2.07. The molecule has 0 fully saturated rings. The smallest absolute Gasteiger partial charge is 0.435 e. The zero-order valence-electron chi connectivity index (χ0n) is 10.4. The van der Waals surface area contributed by atoms with Crippen molar-refractivity contribution in [3.8, 4) is 17.4 Å². The molecule has 0 aliphatic rings. The second-order valence-corrected chi connectivity index (χ2v) is 4.16. The summed E-state index contributed by atoms with van der Waals surface area (Å²) in [5.74, 6) is -0.133. The van der Waals surface area contributed by atoms with Crippen LogP contribution in [0.1, 0.15) is 5.69 Å². The maximum Gasteiger partial charge on any atom is 0.435 e. The Morgan fingerprint density at radius 1 is 1.19 bits per heavy atom. The molecule has 2 aromatic heterocycles. The molecule has 0 radical (unpaired) electrons. The zero-order chi connectivity index (χ0) is 15.0. The highest BCUT2D eigenvalue weighted by Gasteiger charge is 2.34. The van der Waals surface area contributed by atoms with E-state index in [-0.39, 0.29) is 22.9 Å². The molecule has 5 nitrogen and oxygen atoms in total. The van der Waals surface area contributed by atoms with Crippen molar-refractivity contribution in [2.24, 2.45) is 0 Å². The third-order valence-electron chi connectivity index (χ3n) is 2.72. The predicted octanol–water partition coefficient (Wildman–Crippen LogP) is 3.25. The van der Waals surface area contributed by atoms with Gasteiger partial charge in [-0.1, -0.05) is 12.1 Å². The summed E-state index contributed by atoms with van der Waals surface area (Å²) < 4.78 is 44.4. The molecule has 8 heteroatoms. The fraction of sp³-hybridized carbons (Fsp3) is 0.0769. The molecule has 1 N–H and O–H groups in total. The molecule has 0 aliphatic carbocycles. The number of halogens is 3. The number of aromatic hydroxyl groups is 1. The van der Waals surface area contributed by atoms with Gasteiger partial charge in [0.15, 0.2) is 17.2 Å². The Kier molecular flexibility index (Phi) is 2.93. The van der Waals surface area contributed by atoms with Crippen molar-refractivity contribution in [3.05, 3.63) is 48.4 Å². The molecular weight excluding hydrogens is 287 g/mol. The van der Waals surface area contributed by atoms with Crippen molar-refractivity contribution < 1.29 is 23.0 Å². The van der Waals surface area contributed by atoms with Crippen molar-refractivity contribution >= 4 is 5.52 Å². The van der Waals surface area contributed by atoms with Gasteiger partial charge in [0.25, 0.3) is 0 Å². The van der Waals surface area contributed by atoms with E-state index in [4.69, 9.17) is 4.74 Å². The van der Waals surface area contributed by atoms with Crippen LogP contribution < -0.4 is 4.74 Å². The van der Waals surface area contributed by atoms with E-state index in [1.807, 2.05) is 0 Å². The average Bonchev–Trinajstić information content (AvgIpc) is 2.86. The minimum Gasteiger partial charge on any atom is -0.504 e. The summed E-state index contributed by atoms with van der Waals surface area (Å²) in [5.41, 5.74) is -0.995. The molecule has 0 bridgehead atoms. The van der Waals surface area contributed by atoms with E-state index in [0.29, 0.717) is 0 Å². The summed E-state index contributed by atoms with van der Waals surface area (Å²) in [4.78, 5) is 3.88. The lowest BCUT2D eigenvalue weighted by Crippen LogP contribution is -2.05. The van der Waals surface area contributed by atoms with Crippen LogP contribution in [-0.2, 0) is 6.18 Å². The predicted molar refractivity (Wildman–Crippen MR) is 66.2 cm³/mol. The molecule has 1 aromatic carbocycles. The lowest BCUT2D eigenvalue weighted by molar-refractivity contribution is -0.141. The van der Waals surface area contributed by atoms with Gasteiger partial charge in [0.1, 0.15) is 5.52 Å². The molecule has 3 aromatic rings. The van der Waals surface area contributed by atoms with Crippen molar-refractivity contribution in [2.45, 2.75) is 6.18 Å². The fourth-order valence-electron chi connectivity index (χ4n) is 1.76. The number of nitrogens with zero attached hydrogens (tertiary/aromatic N) is 3. The molecule has 0 spiro atoms. The van der Waals surface area contributed by atoms with Crippen molar-refractivity contribution in [1.82, 2.24) is 14.6 Å². The number of para-hydroxylation sites is 2. The number of rotatable bonds is 2. The molecule has 2 heterocycles. The van der Waals surface area contributed by atoms with Crippen LogP contribution in [0, 0.1) is 0 Å². The van der Waals surface area contributed by atoms with Crippen LogP contribution in [0.2, 0.25) is 0 Å². The zero-order valence-corrected chi connectivity index (χ0v) is 10.4. The quantitative estimate of drug-likeness (QED) is 0.788. The maximum atomic E-state index is 12.7. The fourth-order valence-corrected chi connectivity index (χ4v) is 1.76. The number of phenolic OH excluding ortho intramolecular Hbond substituents is 1. The SMILES string of the molecule is Oc1ccccc1Oc1nccn2nc(C(F)(F)F)cc12. The number of hydrogen-bond donors (Lipinski definition) is 1. The number of benzene rings is 1. The first-order chi connectivity index (χ1) is 9.95. The van der Waals surface area contributed by atoms with E-state index in [0.717, 1.165) is 10.6 Å². The molecule has 108 valence electrons. The van der Waals surface area contributed by atoms with Crippen LogP contribution in [0.5, 0.6) is 17.4 Å². The third-order valence-corrected chi connectivity index (χ3v) is 2.72. The Morgan fingerprint density at radius 2 is 1.95 bits per heavy atom. The minimum absolute atomic E-state index is 0.0491. The van der Waals surface area contributed by atoms with E-state index >= 15 is 0 Å². The summed E-state index contributed by atoms with van der Waals surface area (Å²) in [6, 6.07) is 6.92. The Bertz CT molecular complexity index is 799. The number of phenols is 1. The largest absolute Gasteiger partial charge is 0.504 e. The van der Waals surface area contributed by atoms with Crippen LogP contribution in [0.15, 0.2) is 42.7 Å². The molecule has 0 aliphatic heterocycles. The van der Waals surface area contributed by atoms with Gasteiger partial charge in [-0.2, -0.15) is 18.3 Å². The molecule has 0 saturated carbocycles. The Hall–Kier alpha value is -2.77. The lowest BCUT2D eigenvalue weighted by atomic mass is 10.3. The normalized spacial score (nSPS) is 11.8. The summed E-state index contributed by atoms with van der Waals surface area (Å²) in [7, 11) is 0. The third kappa shape index (κ3) is 2.47. The minimum atomic E-state index is -4.56. The van der Waals surface area contributed by atoms with Gasteiger partial charge in [-0.3, -0.25) is 0 Å². The number of ether oxygens (including phenoxy) is 1. The van der Waals surface area contributed by atoms with Gasteiger partial charge in [-0.15, -0.1) is 0 Å². The Labute approximate surface area is 116 Å².